The maximum atomic E-state index is 11.4. The van der Waals surface area contributed by atoms with Crippen molar-refractivity contribution in [3.05, 3.63) is 0 Å². The van der Waals surface area contributed by atoms with Gasteiger partial charge in [0.15, 0.2) is 0 Å². The number of amides is 1. The number of fused-ring (bicyclic) bond motifs is 2. The standard InChI is InChI=1S/C10H17NO3S/c1-15(13,14)11-10(12)6-9-5-7-2-3-8(9)4-7/h7-9H,2-6H2,1H3,(H,11,12)/t7-,8-,9-/m0/s1. The van der Waals surface area contributed by atoms with Gasteiger partial charge in [-0.05, 0) is 37.0 Å². The average molecular weight is 231 g/mol. The zero-order chi connectivity index (χ0) is 11.1. The highest BCUT2D eigenvalue weighted by molar-refractivity contribution is 7.89. The van der Waals surface area contributed by atoms with E-state index in [4.69, 9.17) is 0 Å². The maximum absolute atomic E-state index is 11.4. The van der Waals surface area contributed by atoms with E-state index in [-0.39, 0.29) is 5.91 Å². The van der Waals surface area contributed by atoms with Gasteiger partial charge in [0.05, 0.1) is 6.26 Å². The Kier molecular flexibility index (Phi) is 2.75. The lowest BCUT2D eigenvalue weighted by Gasteiger charge is -2.20. The van der Waals surface area contributed by atoms with Gasteiger partial charge >= 0.3 is 0 Å². The Labute approximate surface area is 90.5 Å². The molecule has 5 heteroatoms. The van der Waals surface area contributed by atoms with Crippen molar-refractivity contribution >= 4 is 15.9 Å². The van der Waals surface area contributed by atoms with Gasteiger partial charge < -0.3 is 0 Å². The fourth-order valence-electron chi connectivity index (χ4n) is 3.11. The molecule has 0 aromatic carbocycles. The molecule has 4 nitrogen and oxygen atoms in total. The summed E-state index contributed by atoms with van der Waals surface area (Å²) < 4.78 is 23.7. The number of carbonyl (C=O) groups is 1. The molecule has 15 heavy (non-hydrogen) atoms. The minimum absolute atomic E-state index is 0.338. The Hall–Kier alpha value is -0.580. The number of hydrogen-bond acceptors (Lipinski definition) is 3. The molecule has 1 amide bonds. The van der Waals surface area contributed by atoms with E-state index in [1.54, 1.807) is 0 Å². The van der Waals surface area contributed by atoms with Crippen molar-refractivity contribution in [2.45, 2.75) is 32.1 Å². The molecule has 0 saturated heterocycles. The fraction of sp³-hybridized carbons (Fsp3) is 0.900. The SMILES string of the molecule is CS(=O)(=O)NC(=O)C[C@@H]1C[C@H]2CC[C@H]1C2. The maximum Gasteiger partial charge on any atom is 0.233 e. The molecule has 2 saturated carbocycles. The molecule has 0 aromatic rings. The van der Waals surface area contributed by atoms with Crippen LogP contribution >= 0.6 is 0 Å². The van der Waals surface area contributed by atoms with Gasteiger partial charge in [0.1, 0.15) is 0 Å². The van der Waals surface area contributed by atoms with E-state index in [2.05, 4.69) is 0 Å². The minimum Gasteiger partial charge on any atom is -0.274 e. The van der Waals surface area contributed by atoms with Crippen LogP contribution < -0.4 is 4.72 Å². The molecule has 1 N–H and O–H groups in total. The van der Waals surface area contributed by atoms with E-state index in [1.165, 1.54) is 19.3 Å². The van der Waals surface area contributed by atoms with Gasteiger partial charge in [-0.15, -0.1) is 0 Å². The lowest BCUT2D eigenvalue weighted by Crippen LogP contribution is -2.31. The normalized spacial score (nSPS) is 34.3. The first kappa shape index (κ1) is 10.9. The van der Waals surface area contributed by atoms with E-state index in [0.29, 0.717) is 18.3 Å². The zero-order valence-electron chi connectivity index (χ0n) is 8.90. The number of hydrogen-bond donors (Lipinski definition) is 1. The van der Waals surface area contributed by atoms with E-state index in [1.807, 2.05) is 4.72 Å². The summed E-state index contributed by atoms with van der Waals surface area (Å²) in [4.78, 5) is 11.4. The number of nitrogens with one attached hydrogen (secondary N) is 1. The summed E-state index contributed by atoms with van der Waals surface area (Å²) in [5.74, 6) is 1.55. The third kappa shape index (κ3) is 2.71. The highest BCUT2D eigenvalue weighted by Crippen LogP contribution is 2.49. The number of carbonyl (C=O) groups excluding carboxylic acids is 1. The average Bonchev–Trinajstić information content (AvgIpc) is 2.60. The zero-order valence-corrected chi connectivity index (χ0v) is 9.72. The smallest absolute Gasteiger partial charge is 0.233 e. The van der Waals surface area contributed by atoms with E-state index < -0.39 is 10.0 Å². The molecule has 2 fully saturated rings. The van der Waals surface area contributed by atoms with Crippen LogP contribution in [0.3, 0.4) is 0 Å². The third-order valence-electron chi connectivity index (χ3n) is 3.63. The third-order valence-corrected chi connectivity index (χ3v) is 4.23. The minimum atomic E-state index is -3.38. The van der Waals surface area contributed by atoms with Gasteiger partial charge in [-0.25, -0.2) is 8.42 Å². The van der Waals surface area contributed by atoms with Gasteiger partial charge in [0, 0.05) is 6.42 Å². The second kappa shape index (κ2) is 3.77. The molecule has 0 radical (unpaired) electrons. The van der Waals surface area contributed by atoms with Crippen molar-refractivity contribution in [2.75, 3.05) is 6.26 Å². The Morgan fingerprint density at radius 2 is 2.07 bits per heavy atom. The second-order valence-electron chi connectivity index (χ2n) is 4.94. The Morgan fingerprint density at radius 1 is 1.33 bits per heavy atom. The van der Waals surface area contributed by atoms with Crippen LogP contribution in [0.15, 0.2) is 0 Å². The molecule has 2 aliphatic rings. The molecule has 2 rings (SSSR count). The van der Waals surface area contributed by atoms with E-state index >= 15 is 0 Å². The fourth-order valence-corrected chi connectivity index (χ4v) is 3.61. The first-order valence-corrected chi connectivity index (χ1v) is 7.34. The summed E-state index contributed by atoms with van der Waals surface area (Å²) in [6.07, 6.45) is 6.29. The Morgan fingerprint density at radius 3 is 2.53 bits per heavy atom. The van der Waals surface area contributed by atoms with Crippen LogP contribution in [-0.2, 0) is 14.8 Å². The monoisotopic (exact) mass is 231 g/mol. The van der Waals surface area contributed by atoms with Crippen LogP contribution in [0.1, 0.15) is 32.1 Å². The molecule has 0 spiro atoms. The molecule has 2 aliphatic carbocycles. The molecule has 2 bridgehead atoms. The highest BCUT2D eigenvalue weighted by Gasteiger charge is 2.40. The van der Waals surface area contributed by atoms with Crippen molar-refractivity contribution in [3.63, 3.8) is 0 Å². The summed E-state index contributed by atoms with van der Waals surface area (Å²) >= 11 is 0. The van der Waals surface area contributed by atoms with E-state index in [0.717, 1.165) is 18.6 Å². The number of rotatable bonds is 3. The van der Waals surface area contributed by atoms with Crippen molar-refractivity contribution in [1.29, 1.82) is 0 Å². The van der Waals surface area contributed by atoms with Crippen LogP contribution in [0.5, 0.6) is 0 Å². The van der Waals surface area contributed by atoms with Gasteiger partial charge in [-0.2, -0.15) is 0 Å². The Balaban J connectivity index is 1.85. The van der Waals surface area contributed by atoms with Crippen molar-refractivity contribution in [2.24, 2.45) is 17.8 Å². The van der Waals surface area contributed by atoms with Gasteiger partial charge in [0.2, 0.25) is 15.9 Å². The van der Waals surface area contributed by atoms with Crippen LogP contribution in [-0.4, -0.2) is 20.6 Å². The predicted molar refractivity (Wildman–Crippen MR) is 56.5 cm³/mol. The lowest BCUT2D eigenvalue weighted by atomic mass is 9.86. The van der Waals surface area contributed by atoms with Crippen LogP contribution in [0.4, 0.5) is 0 Å². The highest BCUT2D eigenvalue weighted by atomic mass is 32.2. The molecular weight excluding hydrogens is 214 g/mol. The molecule has 0 heterocycles. The first-order chi connectivity index (χ1) is 6.94. The van der Waals surface area contributed by atoms with Crippen molar-refractivity contribution in [3.8, 4) is 0 Å². The molecule has 86 valence electrons. The lowest BCUT2D eigenvalue weighted by molar-refractivity contribution is -0.120. The number of sulfonamides is 1. The summed E-state index contributed by atoms with van der Waals surface area (Å²) in [6.45, 7) is 0. The molecule has 3 atom stereocenters. The summed E-state index contributed by atoms with van der Waals surface area (Å²) in [5.41, 5.74) is 0. The van der Waals surface area contributed by atoms with Crippen LogP contribution in [0, 0.1) is 17.8 Å². The van der Waals surface area contributed by atoms with Crippen LogP contribution in [0.2, 0.25) is 0 Å². The predicted octanol–water partition coefficient (Wildman–Crippen LogP) is 0.888. The molecule has 0 aromatic heterocycles. The second-order valence-corrected chi connectivity index (χ2v) is 6.68. The van der Waals surface area contributed by atoms with E-state index in [9.17, 15) is 13.2 Å². The van der Waals surface area contributed by atoms with Gasteiger partial charge in [-0.3, -0.25) is 9.52 Å². The largest absolute Gasteiger partial charge is 0.274 e. The van der Waals surface area contributed by atoms with Gasteiger partial charge in [0.25, 0.3) is 0 Å². The summed E-state index contributed by atoms with van der Waals surface area (Å²) in [6, 6.07) is 0. The van der Waals surface area contributed by atoms with Gasteiger partial charge in [-0.1, -0.05) is 6.42 Å². The topological polar surface area (TPSA) is 63.2 Å². The Bertz CT molecular complexity index is 363. The molecule has 0 unspecified atom stereocenters. The summed E-state index contributed by atoms with van der Waals surface area (Å²) in [5, 5.41) is 0. The van der Waals surface area contributed by atoms with Crippen LogP contribution in [0.25, 0.3) is 0 Å². The first-order valence-electron chi connectivity index (χ1n) is 5.44. The molecular formula is C10H17NO3S. The summed E-state index contributed by atoms with van der Waals surface area (Å²) in [7, 11) is -3.38. The van der Waals surface area contributed by atoms with Crippen molar-refractivity contribution in [1.82, 2.24) is 4.72 Å². The van der Waals surface area contributed by atoms with Crippen molar-refractivity contribution < 1.29 is 13.2 Å². The molecule has 0 aliphatic heterocycles. The quantitative estimate of drug-likeness (QED) is 0.784.